The van der Waals surface area contributed by atoms with Crippen LogP contribution in [0.1, 0.15) is 43.7 Å². The normalized spacial score (nSPS) is 15.8. The number of hydrogen-bond donors (Lipinski definition) is 2. The Morgan fingerprint density at radius 2 is 1.96 bits per heavy atom. The molecule has 2 N–H and O–H groups in total. The number of rotatable bonds is 10. The molecule has 1 aliphatic carbocycles. The maximum Gasteiger partial charge on any atom is 0.191 e. The van der Waals surface area contributed by atoms with Crippen molar-refractivity contribution < 1.29 is 4.74 Å². The lowest BCUT2D eigenvalue weighted by atomic mass is 9.67. The Kier molecular flexibility index (Phi) is 11.3. The number of benzene rings is 1. The number of aliphatic imine (C=N–C) groups is 1. The summed E-state index contributed by atoms with van der Waals surface area (Å²) < 4.78 is 5.29. The molecule has 1 aliphatic rings. The highest BCUT2D eigenvalue weighted by molar-refractivity contribution is 14.0. The number of ether oxygens (including phenoxy) is 1. The molecule has 0 unspecified atom stereocenters. The van der Waals surface area contributed by atoms with Crippen LogP contribution in [-0.2, 0) is 17.8 Å². The second-order valence-corrected chi connectivity index (χ2v) is 7.70. The summed E-state index contributed by atoms with van der Waals surface area (Å²) in [6.45, 7) is 6.45. The van der Waals surface area contributed by atoms with Crippen LogP contribution in [-0.4, -0.2) is 51.8 Å². The molecular formula is C21H37IN4O. The first-order valence-electron chi connectivity index (χ1n) is 9.80. The molecule has 1 saturated carbocycles. The minimum absolute atomic E-state index is 0. The first-order valence-corrected chi connectivity index (χ1v) is 9.80. The van der Waals surface area contributed by atoms with Crippen molar-refractivity contribution in [3.8, 4) is 0 Å². The predicted molar refractivity (Wildman–Crippen MR) is 125 cm³/mol. The molecule has 0 atom stereocenters. The number of halogens is 1. The maximum absolute atomic E-state index is 5.29. The molecule has 0 radical (unpaired) electrons. The van der Waals surface area contributed by atoms with E-state index in [1.54, 1.807) is 7.11 Å². The molecule has 154 valence electrons. The van der Waals surface area contributed by atoms with E-state index in [1.807, 2.05) is 0 Å². The van der Waals surface area contributed by atoms with E-state index in [0.717, 1.165) is 38.6 Å². The Labute approximate surface area is 182 Å². The lowest BCUT2D eigenvalue weighted by Crippen LogP contribution is -2.46. The van der Waals surface area contributed by atoms with E-state index in [2.05, 4.69) is 60.8 Å². The third-order valence-electron chi connectivity index (χ3n) is 5.14. The molecule has 1 aromatic rings. The Bertz CT molecular complexity index is 573. The van der Waals surface area contributed by atoms with Crippen molar-refractivity contribution in [1.82, 2.24) is 15.5 Å². The molecule has 0 heterocycles. The van der Waals surface area contributed by atoms with Gasteiger partial charge in [-0.15, -0.1) is 24.0 Å². The summed E-state index contributed by atoms with van der Waals surface area (Å²) in [7, 11) is 5.98. The highest BCUT2D eigenvalue weighted by Gasteiger charge is 2.36. The van der Waals surface area contributed by atoms with E-state index in [-0.39, 0.29) is 24.0 Å². The average molecular weight is 488 g/mol. The first kappa shape index (κ1) is 24.2. The topological polar surface area (TPSA) is 48.9 Å². The second kappa shape index (κ2) is 12.6. The Morgan fingerprint density at radius 3 is 2.56 bits per heavy atom. The number of nitrogens with one attached hydrogen (secondary N) is 2. The zero-order chi connectivity index (χ0) is 18.8. The van der Waals surface area contributed by atoms with Crippen molar-refractivity contribution in [3.63, 3.8) is 0 Å². The van der Waals surface area contributed by atoms with E-state index in [9.17, 15) is 0 Å². The molecular weight excluding hydrogens is 451 g/mol. The average Bonchev–Trinajstić information content (AvgIpc) is 2.58. The fraction of sp³-hybridized carbons (Fsp3) is 0.667. The molecule has 0 spiro atoms. The van der Waals surface area contributed by atoms with Crippen molar-refractivity contribution in [3.05, 3.63) is 35.4 Å². The summed E-state index contributed by atoms with van der Waals surface area (Å²) >= 11 is 0. The smallest absolute Gasteiger partial charge is 0.191 e. The van der Waals surface area contributed by atoms with E-state index in [0.29, 0.717) is 12.0 Å². The number of nitrogens with zero attached hydrogens (tertiary/aromatic N) is 2. The Morgan fingerprint density at radius 1 is 1.22 bits per heavy atom. The van der Waals surface area contributed by atoms with E-state index in [1.165, 1.54) is 30.4 Å². The summed E-state index contributed by atoms with van der Waals surface area (Å²) in [4.78, 5) is 6.98. The van der Waals surface area contributed by atoms with Gasteiger partial charge in [0.25, 0.3) is 0 Å². The van der Waals surface area contributed by atoms with Gasteiger partial charge in [0.2, 0.25) is 0 Å². The van der Waals surface area contributed by atoms with E-state index in [4.69, 9.17) is 9.73 Å². The van der Waals surface area contributed by atoms with Crippen LogP contribution in [0, 0.1) is 5.41 Å². The van der Waals surface area contributed by atoms with Crippen LogP contribution in [0.4, 0.5) is 0 Å². The number of guanidine groups is 1. The van der Waals surface area contributed by atoms with Gasteiger partial charge in [0, 0.05) is 33.4 Å². The van der Waals surface area contributed by atoms with Crippen LogP contribution in [0.2, 0.25) is 0 Å². The highest BCUT2D eigenvalue weighted by atomic mass is 127. The number of hydrogen-bond acceptors (Lipinski definition) is 3. The molecule has 1 aromatic carbocycles. The quantitative estimate of drug-likeness (QED) is 0.300. The van der Waals surface area contributed by atoms with Crippen molar-refractivity contribution >= 4 is 29.9 Å². The summed E-state index contributed by atoms with van der Waals surface area (Å²) in [6.07, 6.45) is 5.03. The highest BCUT2D eigenvalue weighted by Crippen LogP contribution is 2.43. The van der Waals surface area contributed by atoms with Crippen LogP contribution in [0.25, 0.3) is 0 Å². The molecule has 2 rings (SSSR count). The molecule has 0 amide bonds. The van der Waals surface area contributed by atoms with Gasteiger partial charge in [0.15, 0.2) is 5.96 Å². The zero-order valence-corrected chi connectivity index (χ0v) is 19.7. The molecule has 0 bridgehead atoms. The first-order chi connectivity index (χ1) is 12.6. The minimum Gasteiger partial charge on any atom is -0.385 e. The summed E-state index contributed by atoms with van der Waals surface area (Å²) in [5, 5.41) is 6.94. The molecule has 1 fully saturated rings. The van der Waals surface area contributed by atoms with Gasteiger partial charge in [-0.2, -0.15) is 0 Å². The van der Waals surface area contributed by atoms with Crippen LogP contribution in [0.5, 0.6) is 0 Å². The van der Waals surface area contributed by atoms with Gasteiger partial charge in [-0.25, -0.2) is 4.99 Å². The SMILES string of the molecule is CCNC(=NCc1cccc(CN(C)C)c1)NCC1(CCOC)CCC1.I. The van der Waals surface area contributed by atoms with Crippen molar-refractivity contribution in [2.24, 2.45) is 10.4 Å². The van der Waals surface area contributed by atoms with E-state index >= 15 is 0 Å². The monoisotopic (exact) mass is 488 g/mol. The third-order valence-corrected chi connectivity index (χ3v) is 5.14. The molecule has 0 aromatic heterocycles. The maximum atomic E-state index is 5.29. The molecule has 27 heavy (non-hydrogen) atoms. The number of methoxy groups -OCH3 is 1. The van der Waals surface area contributed by atoms with Gasteiger partial charge in [0.05, 0.1) is 6.54 Å². The Hall–Kier alpha value is -0.860. The summed E-state index contributed by atoms with van der Waals surface area (Å²) in [5.74, 6) is 0.911. The molecule has 0 aliphatic heterocycles. The minimum atomic E-state index is 0. The van der Waals surface area contributed by atoms with Gasteiger partial charge in [-0.05, 0) is 56.8 Å². The summed E-state index contributed by atoms with van der Waals surface area (Å²) in [6, 6.07) is 8.70. The summed E-state index contributed by atoms with van der Waals surface area (Å²) in [5.41, 5.74) is 2.96. The van der Waals surface area contributed by atoms with E-state index < -0.39 is 0 Å². The van der Waals surface area contributed by atoms with Gasteiger partial charge in [-0.3, -0.25) is 0 Å². The molecule has 5 nitrogen and oxygen atoms in total. The fourth-order valence-corrected chi connectivity index (χ4v) is 3.49. The van der Waals surface area contributed by atoms with Crippen molar-refractivity contribution in [2.75, 3.05) is 40.9 Å². The van der Waals surface area contributed by atoms with Gasteiger partial charge >= 0.3 is 0 Å². The third kappa shape index (κ3) is 8.35. The fourth-order valence-electron chi connectivity index (χ4n) is 3.49. The van der Waals surface area contributed by atoms with Crippen molar-refractivity contribution in [1.29, 1.82) is 0 Å². The van der Waals surface area contributed by atoms with Crippen LogP contribution >= 0.6 is 24.0 Å². The molecule has 0 saturated heterocycles. The van der Waals surface area contributed by atoms with Gasteiger partial charge < -0.3 is 20.3 Å². The second-order valence-electron chi connectivity index (χ2n) is 7.70. The zero-order valence-electron chi connectivity index (χ0n) is 17.4. The van der Waals surface area contributed by atoms with Crippen LogP contribution in [0.15, 0.2) is 29.3 Å². The Balaban J connectivity index is 0.00000364. The predicted octanol–water partition coefficient (Wildman–Crippen LogP) is 3.63. The van der Waals surface area contributed by atoms with Gasteiger partial charge in [-0.1, -0.05) is 30.7 Å². The van der Waals surface area contributed by atoms with Gasteiger partial charge in [0.1, 0.15) is 0 Å². The molecule has 6 heteroatoms. The van der Waals surface area contributed by atoms with Crippen LogP contribution in [0.3, 0.4) is 0 Å². The van der Waals surface area contributed by atoms with Crippen LogP contribution < -0.4 is 10.6 Å². The standard InChI is InChI=1S/C21H36N4O.HI/c1-5-22-20(24-17-21(10-7-11-21)12-13-26-4)23-15-18-8-6-9-19(14-18)16-25(2)3;/h6,8-9,14H,5,7,10-13,15-17H2,1-4H3,(H2,22,23,24);1H. The lowest BCUT2D eigenvalue weighted by molar-refractivity contribution is 0.0732. The lowest BCUT2D eigenvalue weighted by Gasteiger charge is -2.42. The largest absolute Gasteiger partial charge is 0.385 e. The van der Waals surface area contributed by atoms with Crippen molar-refractivity contribution in [2.45, 2.75) is 45.7 Å².